The lowest BCUT2D eigenvalue weighted by atomic mass is 10.0. The first-order valence-corrected chi connectivity index (χ1v) is 7.61. The molecule has 0 aliphatic carbocycles. The molecule has 0 aliphatic heterocycles. The molecular weight excluding hydrogens is 308 g/mol. The molecule has 0 saturated carbocycles. The molecule has 1 atom stereocenters. The van der Waals surface area contributed by atoms with Crippen LogP contribution in [0.25, 0.3) is 0 Å². The van der Waals surface area contributed by atoms with E-state index in [4.69, 9.17) is 0 Å². The molecule has 0 saturated heterocycles. The number of hydrogen-bond donors (Lipinski definition) is 1. The number of hydrogen-bond acceptors (Lipinski definition) is 3. The van der Waals surface area contributed by atoms with Crippen LogP contribution in [0.1, 0.15) is 27.9 Å². The summed E-state index contributed by atoms with van der Waals surface area (Å²) in [5.74, 6) is 0. The average Bonchev–Trinajstić information content (AvgIpc) is 2.72. The molecule has 18 heavy (non-hydrogen) atoms. The molecule has 0 fully saturated rings. The Morgan fingerprint density at radius 3 is 2.72 bits per heavy atom. The first-order chi connectivity index (χ1) is 8.60. The molecule has 0 radical (unpaired) electrons. The summed E-state index contributed by atoms with van der Waals surface area (Å²) in [6.07, 6.45) is 0.927. The van der Waals surface area contributed by atoms with E-state index in [-0.39, 0.29) is 0 Å². The van der Waals surface area contributed by atoms with Crippen LogP contribution >= 0.6 is 27.3 Å². The molecule has 96 valence electrons. The SMILES string of the molecule is CNC(Cc1nc(C)cs1)c1ccc(C)cc1Br. The molecule has 1 N–H and O–H groups in total. The Morgan fingerprint density at radius 1 is 1.39 bits per heavy atom. The number of aryl methyl sites for hydroxylation is 2. The van der Waals surface area contributed by atoms with E-state index in [2.05, 4.69) is 56.7 Å². The minimum Gasteiger partial charge on any atom is -0.313 e. The molecule has 1 aromatic carbocycles. The predicted octanol–water partition coefficient (Wildman–Crippen LogP) is 4.03. The first-order valence-electron chi connectivity index (χ1n) is 5.94. The molecule has 2 nitrogen and oxygen atoms in total. The number of thiazole rings is 1. The number of nitrogens with one attached hydrogen (secondary N) is 1. The molecule has 1 heterocycles. The van der Waals surface area contributed by atoms with Crippen LogP contribution in [0.5, 0.6) is 0 Å². The van der Waals surface area contributed by atoms with Crippen LogP contribution < -0.4 is 5.32 Å². The lowest BCUT2D eigenvalue weighted by Crippen LogP contribution is -2.19. The second kappa shape index (κ2) is 5.95. The largest absolute Gasteiger partial charge is 0.313 e. The molecular formula is C14H17BrN2S. The number of rotatable bonds is 4. The van der Waals surface area contributed by atoms with Gasteiger partial charge in [-0.1, -0.05) is 28.1 Å². The normalized spacial score (nSPS) is 12.7. The number of benzene rings is 1. The molecule has 0 aliphatic rings. The third kappa shape index (κ3) is 3.19. The fraction of sp³-hybridized carbons (Fsp3) is 0.357. The van der Waals surface area contributed by atoms with Gasteiger partial charge < -0.3 is 5.32 Å². The van der Waals surface area contributed by atoms with Crippen LogP contribution in [-0.4, -0.2) is 12.0 Å². The van der Waals surface area contributed by atoms with Gasteiger partial charge in [-0.3, -0.25) is 0 Å². The molecule has 4 heteroatoms. The summed E-state index contributed by atoms with van der Waals surface area (Å²) in [4.78, 5) is 4.53. The van der Waals surface area contributed by atoms with Gasteiger partial charge in [0.15, 0.2) is 0 Å². The van der Waals surface area contributed by atoms with Crippen molar-refractivity contribution in [3.8, 4) is 0 Å². The van der Waals surface area contributed by atoms with Crippen molar-refractivity contribution < 1.29 is 0 Å². The lowest BCUT2D eigenvalue weighted by molar-refractivity contribution is 0.587. The maximum absolute atomic E-state index is 4.53. The third-order valence-corrected chi connectivity index (χ3v) is 4.60. The second-order valence-electron chi connectivity index (χ2n) is 4.45. The van der Waals surface area contributed by atoms with Gasteiger partial charge in [0, 0.05) is 28.0 Å². The minimum absolute atomic E-state index is 0.297. The zero-order valence-electron chi connectivity index (χ0n) is 10.8. The van der Waals surface area contributed by atoms with Gasteiger partial charge in [0.25, 0.3) is 0 Å². The third-order valence-electron chi connectivity index (χ3n) is 2.93. The van der Waals surface area contributed by atoms with Gasteiger partial charge in [-0.15, -0.1) is 11.3 Å². The van der Waals surface area contributed by atoms with Crippen LogP contribution in [0, 0.1) is 13.8 Å². The van der Waals surface area contributed by atoms with Crippen molar-refractivity contribution in [1.82, 2.24) is 10.3 Å². The van der Waals surface area contributed by atoms with E-state index in [0.29, 0.717) is 6.04 Å². The second-order valence-corrected chi connectivity index (χ2v) is 6.25. The van der Waals surface area contributed by atoms with Gasteiger partial charge in [-0.05, 0) is 38.1 Å². The number of aromatic nitrogens is 1. The molecule has 2 rings (SSSR count). The van der Waals surface area contributed by atoms with Crippen LogP contribution in [0.3, 0.4) is 0 Å². The summed E-state index contributed by atoms with van der Waals surface area (Å²) >= 11 is 5.38. The lowest BCUT2D eigenvalue weighted by Gasteiger charge is -2.17. The Bertz CT molecular complexity index is 536. The molecule has 0 amide bonds. The van der Waals surface area contributed by atoms with E-state index in [1.54, 1.807) is 11.3 Å². The van der Waals surface area contributed by atoms with Crippen molar-refractivity contribution in [2.75, 3.05) is 7.05 Å². The maximum atomic E-state index is 4.53. The average molecular weight is 325 g/mol. The zero-order chi connectivity index (χ0) is 13.1. The van der Waals surface area contributed by atoms with Crippen molar-refractivity contribution >= 4 is 27.3 Å². The Labute approximate surface area is 121 Å². The fourth-order valence-electron chi connectivity index (χ4n) is 1.95. The van der Waals surface area contributed by atoms with E-state index >= 15 is 0 Å². The van der Waals surface area contributed by atoms with Crippen molar-refractivity contribution in [3.05, 3.63) is 49.9 Å². The van der Waals surface area contributed by atoms with Crippen molar-refractivity contribution in [1.29, 1.82) is 0 Å². The van der Waals surface area contributed by atoms with Gasteiger partial charge in [0.2, 0.25) is 0 Å². The molecule has 1 unspecified atom stereocenters. The number of nitrogens with zero attached hydrogens (tertiary/aromatic N) is 1. The highest BCUT2D eigenvalue weighted by Crippen LogP contribution is 2.27. The van der Waals surface area contributed by atoms with Gasteiger partial charge in [-0.25, -0.2) is 4.98 Å². The monoisotopic (exact) mass is 324 g/mol. The summed E-state index contributed by atoms with van der Waals surface area (Å²) in [5, 5.41) is 6.66. The molecule has 1 aromatic heterocycles. The summed E-state index contributed by atoms with van der Waals surface area (Å²) in [6.45, 7) is 4.14. The number of likely N-dealkylation sites (N-methyl/N-ethyl adjacent to an activating group) is 1. The predicted molar refractivity (Wildman–Crippen MR) is 81.2 cm³/mol. The molecule has 0 bridgehead atoms. The fourth-order valence-corrected chi connectivity index (χ4v) is 3.54. The summed E-state index contributed by atoms with van der Waals surface area (Å²) in [5.41, 5.74) is 3.66. The van der Waals surface area contributed by atoms with Crippen LogP contribution in [0.2, 0.25) is 0 Å². The Balaban J connectivity index is 2.22. The summed E-state index contributed by atoms with van der Waals surface area (Å²) < 4.78 is 1.16. The van der Waals surface area contributed by atoms with E-state index in [0.717, 1.165) is 16.6 Å². The van der Waals surface area contributed by atoms with Crippen LogP contribution in [0.15, 0.2) is 28.1 Å². The Morgan fingerprint density at radius 2 is 2.17 bits per heavy atom. The van der Waals surface area contributed by atoms with Gasteiger partial charge >= 0.3 is 0 Å². The van der Waals surface area contributed by atoms with E-state index in [9.17, 15) is 0 Å². The maximum Gasteiger partial charge on any atom is 0.0947 e. The molecule has 2 aromatic rings. The quantitative estimate of drug-likeness (QED) is 0.918. The Hall–Kier alpha value is -0.710. The standard InChI is InChI=1S/C14H17BrN2S/c1-9-4-5-11(12(15)6-9)13(16-3)7-14-17-10(2)8-18-14/h4-6,8,13,16H,7H2,1-3H3. The van der Waals surface area contributed by atoms with Gasteiger partial charge in [0.1, 0.15) is 0 Å². The highest BCUT2D eigenvalue weighted by Gasteiger charge is 2.15. The highest BCUT2D eigenvalue weighted by atomic mass is 79.9. The first kappa shape index (κ1) is 13.7. The molecule has 0 spiro atoms. The summed E-state index contributed by atoms with van der Waals surface area (Å²) in [6, 6.07) is 6.79. The van der Waals surface area contributed by atoms with Crippen molar-refractivity contribution in [2.45, 2.75) is 26.3 Å². The minimum atomic E-state index is 0.297. The van der Waals surface area contributed by atoms with Gasteiger partial charge in [0.05, 0.1) is 5.01 Å². The Kier molecular flexibility index (Phi) is 4.54. The smallest absolute Gasteiger partial charge is 0.0947 e. The summed E-state index contributed by atoms with van der Waals surface area (Å²) in [7, 11) is 2.00. The van der Waals surface area contributed by atoms with Gasteiger partial charge in [-0.2, -0.15) is 0 Å². The van der Waals surface area contributed by atoms with Crippen LogP contribution in [0.4, 0.5) is 0 Å². The van der Waals surface area contributed by atoms with Crippen molar-refractivity contribution in [3.63, 3.8) is 0 Å². The number of halogens is 1. The zero-order valence-corrected chi connectivity index (χ0v) is 13.2. The van der Waals surface area contributed by atoms with Crippen molar-refractivity contribution in [2.24, 2.45) is 0 Å². The highest BCUT2D eigenvalue weighted by molar-refractivity contribution is 9.10. The van der Waals surface area contributed by atoms with E-state index < -0.39 is 0 Å². The van der Waals surface area contributed by atoms with Crippen LogP contribution in [-0.2, 0) is 6.42 Å². The topological polar surface area (TPSA) is 24.9 Å². The van der Waals surface area contributed by atoms with E-state index in [1.165, 1.54) is 16.1 Å². The van der Waals surface area contributed by atoms with E-state index in [1.807, 2.05) is 14.0 Å².